The number of hydrogen-bond acceptors (Lipinski definition) is 0. The van der Waals surface area contributed by atoms with E-state index >= 15 is 0 Å². The second-order valence-electron chi connectivity index (χ2n) is 3.03. The van der Waals surface area contributed by atoms with Gasteiger partial charge in [0.2, 0.25) is 0 Å². The summed E-state index contributed by atoms with van der Waals surface area (Å²) < 4.78 is 0. The Morgan fingerprint density at radius 3 is 2.44 bits per heavy atom. The molecule has 0 N–H and O–H groups in total. The van der Waals surface area contributed by atoms with Crippen molar-refractivity contribution in [2.45, 2.75) is 40.5 Å². The van der Waals surface area contributed by atoms with Gasteiger partial charge in [0, 0.05) is 11.1 Å². The van der Waals surface area contributed by atoms with Gasteiger partial charge < -0.3 is 0 Å². The Morgan fingerprint density at radius 1 is 1.28 bits per heavy atom. The van der Waals surface area contributed by atoms with Gasteiger partial charge in [-0.25, -0.2) is 0 Å². The van der Waals surface area contributed by atoms with Gasteiger partial charge in [0.25, 0.3) is 0 Å². The van der Waals surface area contributed by atoms with E-state index in [1.807, 2.05) is 39.8 Å². The van der Waals surface area contributed by atoms with Gasteiger partial charge in [-0.05, 0) is 18.9 Å². The molecule has 18 heavy (non-hydrogen) atoms. The van der Waals surface area contributed by atoms with Crippen LogP contribution >= 0.6 is 0 Å². The molecule has 0 fully saturated rings. The smallest absolute Gasteiger partial charge is 0.0177 e. The molecule has 0 bridgehead atoms. The summed E-state index contributed by atoms with van der Waals surface area (Å²) in [5.74, 6) is 6.11. The molecule has 0 amide bonds. The van der Waals surface area contributed by atoms with Crippen molar-refractivity contribution in [2.75, 3.05) is 0 Å². The van der Waals surface area contributed by atoms with Crippen molar-refractivity contribution in [3.63, 3.8) is 0 Å². The van der Waals surface area contributed by atoms with E-state index in [4.69, 9.17) is 0 Å². The van der Waals surface area contributed by atoms with Crippen molar-refractivity contribution in [3.8, 4) is 11.8 Å². The average Bonchev–Trinajstić information content (AvgIpc) is 2.48. The molecule has 0 aromatic carbocycles. The van der Waals surface area contributed by atoms with Gasteiger partial charge in [-0.2, -0.15) is 0 Å². The Hall–Kier alpha value is -1.74. The van der Waals surface area contributed by atoms with Crippen molar-refractivity contribution >= 4 is 0 Å². The second kappa shape index (κ2) is 15.3. The first-order chi connectivity index (χ1) is 8.83. The highest BCUT2D eigenvalue weighted by Crippen LogP contribution is 2.10. The van der Waals surface area contributed by atoms with Crippen LogP contribution in [-0.2, 0) is 0 Å². The lowest BCUT2D eigenvalue weighted by Gasteiger charge is -1.99. The first kappa shape index (κ1) is 18.6. The van der Waals surface area contributed by atoms with Crippen LogP contribution in [0.1, 0.15) is 40.5 Å². The Bertz CT molecular complexity index is 365. The normalized spacial score (nSPS) is 11.9. The maximum atomic E-state index is 3.82. The molecular formula is C18H26. The van der Waals surface area contributed by atoms with E-state index in [0.717, 1.165) is 18.4 Å². The average molecular weight is 242 g/mol. The molecule has 0 spiro atoms. The van der Waals surface area contributed by atoms with Gasteiger partial charge in [0.05, 0.1) is 0 Å². The van der Waals surface area contributed by atoms with Crippen LogP contribution in [0, 0.1) is 11.8 Å². The van der Waals surface area contributed by atoms with E-state index in [-0.39, 0.29) is 0 Å². The van der Waals surface area contributed by atoms with Crippen molar-refractivity contribution in [2.24, 2.45) is 0 Å². The van der Waals surface area contributed by atoms with E-state index in [1.165, 1.54) is 5.57 Å². The predicted molar refractivity (Wildman–Crippen MR) is 85.4 cm³/mol. The summed E-state index contributed by atoms with van der Waals surface area (Å²) in [5.41, 5.74) is 2.00. The summed E-state index contributed by atoms with van der Waals surface area (Å²) in [4.78, 5) is 0. The van der Waals surface area contributed by atoms with E-state index < -0.39 is 0 Å². The molecule has 98 valence electrons. The van der Waals surface area contributed by atoms with Gasteiger partial charge in [0.15, 0.2) is 0 Å². The highest BCUT2D eigenvalue weighted by Gasteiger charge is 1.93. The summed E-state index contributed by atoms with van der Waals surface area (Å²) in [6, 6.07) is 0. The minimum Gasteiger partial charge on any atom is -0.0991 e. The van der Waals surface area contributed by atoms with Crippen LogP contribution in [0.2, 0.25) is 0 Å². The van der Waals surface area contributed by atoms with Gasteiger partial charge in [-0.3, -0.25) is 0 Å². The largest absolute Gasteiger partial charge is 0.0991 e. The molecule has 1 aliphatic carbocycles. The fourth-order valence-electron chi connectivity index (χ4n) is 1.09. The van der Waals surface area contributed by atoms with Gasteiger partial charge in [-0.15, -0.1) is 0 Å². The quantitative estimate of drug-likeness (QED) is 0.435. The van der Waals surface area contributed by atoms with Crippen LogP contribution in [0.4, 0.5) is 0 Å². The summed E-state index contributed by atoms with van der Waals surface area (Å²) in [6.45, 7) is 15.4. The van der Waals surface area contributed by atoms with E-state index in [1.54, 1.807) is 6.08 Å². The van der Waals surface area contributed by atoms with Crippen LogP contribution in [0.15, 0.2) is 60.8 Å². The third-order valence-electron chi connectivity index (χ3n) is 1.83. The maximum absolute atomic E-state index is 3.82. The Kier molecular flexibility index (Phi) is 15.8. The van der Waals surface area contributed by atoms with Crippen LogP contribution in [-0.4, -0.2) is 0 Å². The molecule has 0 radical (unpaired) electrons. The van der Waals surface area contributed by atoms with Crippen LogP contribution in [0.3, 0.4) is 0 Å². The Morgan fingerprint density at radius 2 is 1.94 bits per heavy atom. The highest BCUT2D eigenvalue weighted by atomic mass is 14.0. The number of hydrogen-bond donors (Lipinski definition) is 0. The van der Waals surface area contributed by atoms with Gasteiger partial charge >= 0.3 is 0 Å². The minimum atomic E-state index is 0.820. The highest BCUT2D eigenvalue weighted by molar-refractivity contribution is 5.44. The topological polar surface area (TPSA) is 0 Å². The lowest BCUT2D eigenvalue weighted by molar-refractivity contribution is 1.000. The standard InChI is InChI=1S/C14H14.2C2H6/c1-3-4-8-13(2)11-12-14-9-6-5-7-10-14;2*1-2/h3-6,8-9H,1-2,7,10H2;2*1-2H3/b8-4-;;. The molecule has 0 heteroatoms. The van der Waals surface area contributed by atoms with Crippen molar-refractivity contribution in [1.29, 1.82) is 0 Å². The third-order valence-corrected chi connectivity index (χ3v) is 1.83. The molecule has 0 saturated heterocycles. The fourth-order valence-corrected chi connectivity index (χ4v) is 1.09. The third kappa shape index (κ3) is 10.8. The van der Waals surface area contributed by atoms with Crippen LogP contribution in [0.25, 0.3) is 0 Å². The zero-order valence-electron chi connectivity index (χ0n) is 12.3. The molecule has 0 heterocycles. The van der Waals surface area contributed by atoms with E-state index in [9.17, 15) is 0 Å². The Labute approximate surface area is 114 Å². The SMILES string of the molecule is C=C/C=C\C(=C)C#CC1=CC=CCC1.CC.CC. The Balaban J connectivity index is 0. The number of rotatable bonds is 2. The van der Waals surface area contributed by atoms with E-state index in [2.05, 4.69) is 43.2 Å². The molecule has 0 aromatic heterocycles. The molecule has 0 saturated carbocycles. The second-order valence-corrected chi connectivity index (χ2v) is 3.03. The summed E-state index contributed by atoms with van der Waals surface area (Å²) >= 11 is 0. The molecule has 0 aliphatic heterocycles. The number of allylic oxidation sites excluding steroid dienone is 8. The monoisotopic (exact) mass is 242 g/mol. The molecule has 0 aromatic rings. The lowest BCUT2D eigenvalue weighted by Crippen LogP contribution is -1.83. The summed E-state index contributed by atoms with van der Waals surface area (Å²) in [6.07, 6.45) is 13.8. The summed E-state index contributed by atoms with van der Waals surface area (Å²) in [7, 11) is 0. The van der Waals surface area contributed by atoms with Crippen molar-refractivity contribution in [1.82, 2.24) is 0 Å². The van der Waals surface area contributed by atoms with Crippen molar-refractivity contribution in [3.05, 3.63) is 60.8 Å². The summed E-state index contributed by atoms with van der Waals surface area (Å²) in [5, 5.41) is 0. The predicted octanol–water partition coefficient (Wildman–Crippen LogP) is 5.62. The van der Waals surface area contributed by atoms with Crippen LogP contribution in [0.5, 0.6) is 0 Å². The fraction of sp³-hybridized carbons (Fsp3) is 0.333. The maximum Gasteiger partial charge on any atom is 0.0177 e. The zero-order valence-corrected chi connectivity index (χ0v) is 12.3. The molecule has 0 unspecified atom stereocenters. The lowest BCUT2D eigenvalue weighted by atomic mass is 10.1. The van der Waals surface area contributed by atoms with Gasteiger partial charge in [0.1, 0.15) is 0 Å². The minimum absolute atomic E-state index is 0.820. The van der Waals surface area contributed by atoms with Crippen LogP contribution < -0.4 is 0 Å². The van der Waals surface area contributed by atoms with Gasteiger partial charge in [-0.1, -0.05) is 83.1 Å². The molecular weight excluding hydrogens is 216 g/mol. The molecule has 0 atom stereocenters. The van der Waals surface area contributed by atoms with E-state index in [0.29, 0.717) is 0 Å². The van der Waals surface area contributed by atoms with Crippen molar-refractivity contribution < 1.29 is 0 Å². The molecule has 1 aliphatic rings. The molecule has 1 rings (SSSR count). The zero-order chi connectivity index (χ0) is 14.2. The first-order valence-corrected chi connectivity index (χ1v) is 6.68. The first-order valence-electron chi connectivity index (χ1n) is 6.68. The molecule has 0 nitrogen and oxygen atoms in total.